The van der Waals surface area contributed by atoms with Crippen LogP contribution >= 0.6 is 0 Å². The second-order valence-electron chi connectivity index (χ2n) is 5.46. The average Bonchev–Trinajstić information content (AvgIpc) is 2.27. The highest BCUT2D eigenvalue weighted by atomic mass is 16.2. The van der Waals surface area contributed by atoms with E-state index in [2.05, 4.69) is 18.8 Å². The second kappa shape index (κ2) is 4.35. The predicted molar refractivity (Wildman–Crippen MR) is 67.6 cm³/mol. The number of nitrogens with zero attached hydrogens (tertiary/aromatic N) is 2. The monoisotopic (exact) mass is 233 g/mol. The summed E-state index contributed by atoms with van der Waals surface area (Å²) in [7, 11) is 0. The Bertz CT molecular complexity index is 428. The van der Waals surface area contributed by atoms with Gasteiger partial charge in [0.2, 0.25) is 0 Å². The van der Waals surface area contributed by atoms with Crippen LogP contribution < -0.4 is 5.73 Å². The Labute approximate surface area is 102 Å². The number of pyridine rings is 1. The zero-order valence-corrected chi connectivity index (χ0v) is 10.4. The number of carbonyl (C=O) groups excluding carboxylic acids is 1. The van der Waals surface area contributed by atoms with Crippen LogP contribution in [-0.2, 0) is 0 Å². The van der Waals surface area contributed by atoms with Gasteiger partial charge in [0, 0.05) is 31.2 Å². The molecule has 1 fully saturated rings. The molecule has 0 unspecified atom stereocenters. The Balaban J connectivity index is 2.18. The number of hydrogen-bond acceptors (Lipinski definition) is 3. The van der Waals surface area contributed by atoms with Crippen molar-refractivity contribution in [2.75, 3.05) is 18.8 Å². The van der Waals surface area contributed by atoms with Crippen LogP contribution in [0.1, 0.15) is 37.0 Å². The standard InChI is InChI=1S/C13H19N3O/c1-13(2)5-3-7-16(9-13)12(17)10-8-15-6-4-11(10)14/h4,6,8H,3,5,7,9H2,1-2H3,(H2,14,15). The number of nitrogens with two attached hydrogens (primary N) is 1. The summed E-state index contributed by atoms with van der Waals surface area (Å²) in [6, 6.07) is 1.67. The van der Waals surface area contributed by atoms with Gasteiger partial charge in [-0.1, -0.05) is 13.8 Å². The largest absolute Gasteiger partial charge is 0.398 e. The van der Waals surface area contributed by atoms with Crippen LogP contribution in [0.5, 0.6) is 0 Å². The van der Waals surface area contributed by atoms with Crippen LogP contribution in [0.2, 0.25) is 0 Å². The lowest BCUT2D eigenvalue weighted by Crippen LogP contribution is -2.43. The SMILES string of the molecule is CC1(C)CCCN(C(=O)c2cnccc2N)C1. The van der Waals surface area contributed by atoms with Crippen molar-refractivity contribution in [1.82, 2.24) is 9.88 Å². The number of rotatable bonds is 1. The predicted octanol–water partition coefficient (Wildman–Crippen LogP) is 1.93. The van der Waals surface area contributed by atoms with E-state index in [1.807, 2.05) is 4.90 Å². The number of carbonyl (C=O) groups is 1. The Morgan fingerprint density at radius 3 is 2.94 bits per heavy atom. The van der Waals surface area contributed by atoms with Crippen LogP contribution in [0.4, 0.5) is 5.69 Å². The number of anilines is 1. The Morgan fingerprint density at radius 1 is 1.53 bits per heavy atom. The van der Waals surface area contributed by atoms with Gasteiger partial charge in [-0.2, -0.15) is 0 Å². The van der Waals surface area contributed by atoms with E-state index in [9.17, 15) is 4.79 Å². The van der Waals surface area contributed by atoms with Crippen LogP contribution in [-0.4, -0.2) is 28.9 Å². The first-order valence-electron chi connectivity index (χ1n) is 5.98. The number of amides is 1. The molecule has 0 aliphatic carbocycles. The summed E-state index contributed by atoms with van der Waals surface area (Å²) in [6.45, 7) is 5.99. The summed E-state index contributed by atoms with van der Waals surface area (Å²) in [5.41, 5.74) is 7.03. The highest BCUT2D eigenvalue weighted by Gasteiger charge is 2.30. The van der Waals surface area contributed by atoms with Gasteiger partial charge in [-0.25, -0.2) is 0 Å². The molecule has 4 heteroatoms. The highest BCUT2D eigenvalue weighted by Crippen LogP contribution is 2.29. The number of aromatic nitrogens is 1. The van der Waals surface area contributed by atoms with E-state index < -0.39 is 0 Å². The maximum absolute atomic E-state index is 12.3. The first-order chi connectivity index (χ1) is 7.99. The summed E-state index contributed by atoms with van der Waals surface area (Å²) in [5.74, 6) is 0.00313. The van der Waals surface area contributed by atoms with Gasteiger partial charge in [0.05, 0.1) is 5.56 Å². The number of hydrogen-bond donors (Lipinski definition) is 1. The maximum atomic E-state index is 12.3. The third-order valence-corrected chi connectivity index (χ3v) is 3.27. The second-order valence-corrected chi connectivity index (χ2v) is 5.46. The highest BCUT2D eigenvalue weighted by molar-refractivity contribution is 5.98. The molecule has 1 amide bonds. The number of nitrogen functional groups attached to an aromatic ring is 1. The van der Waals surface area contributed by atoms with E-state index >= 15 is 0 Å². The minimum absolute atomic E-state index is 0.00313. The fourth-order valence-corrected chi connectivity index (χ4v) is 2.35. The fourth-order valence-electron chi connectivity index (χ4n) is 2.35. The molecule has 0 radical (unpaired) electrons. The van der Waals surface area contributed by atoms with E-state index in [-0.39, 0.29) is 11.3 Å². The van der Waals surface area contributed by atoms with Crippen LogP contribution in [0.15, 0.2) is 18.5 Å². The summed E-state index contributed by atoms with van der Waals surface area (Å²) < 4.78 is 0. The normalized spacial score (nSPS) is 19.1. The summed E-state index contributed by atoms with van der Waals surface area (Å²) in [6.07, 6.45) is 5.38. The molecular weight excluding hydrogens is 214 g/mol. The molecule has 0 aromatic carbocycles. The van der Waals surface area contributed by atoms with Gasteiger partial charge in [-0.15, -0.1) is 0 Å². The van der Waals surface area contributed by atoms with Crippen molar-refractivity contribution < 1.29 is 4.79 Å². The molecule has 92 valence electrons. The molecular formula is C13H19N3O. The Kier molecular flexibility index (Phi) is 3.05. The van der Waals surface area contributed by atoms with Gasteiger partial charge >= 0.3 is 0 Å². The fraction of sp³-hybridized carbons (Fsp3) is 0.538. The van der Waals surface area contributed by atoms with Crippen LogP contribution in [0, 0.1) is 5.41 Å². The lowest BCUT2D eigenvalue weighted by molar-refractivity contribution is 0.0584. The van der Waals surface area contributed by atoms with Crippen molar-refractivity contribution in [2.45, 2.75) is 26.7 Å². The van der Waals surface area contributed by atoms with Crippen LogP contribution in [0.3, 0.4) is 0 Å². The molecule has 17 heavy (non-hydrogen) atoms. The van der Waals surface area contributed by atoms with Crippen molar-refractivity contribution in [1.29, 1.82) is 0 Å². The minimum Gasteiger partial charge on any atom is -0.398 e. The van der Waals surface area contributed by atoms with E-state index in [1.165, 1.54) is 6.42 Å². The molecule has 2 N–H and O–H groups in total. The molecule has 0 atom stereocenters. The molecule has 1 saturated heterocycles. The molecule has 1 aromatic heterocycles. The van der Waals surface area contributed by atoms with Crippen molar-refractivity contribution >= 4 is 11.6 Å². The lowest BCUT2D eigenvalue weighted by Gasteiger charge is -2.38. The molecule has 2 heterocycles. The van der Waals surface area contributed by atoms with Gasteiger partial charge in [0.1, 0.15) is 0 Å². The molecule has 0 bridgehead atoms. The van der Waals surface area contributed by atoms with Crippen LogP contribution in [0.25, 0.3) is 0 Å². The number of piperidine rings is 1. The van der Waals surface area contributed by atoms with Gasteiger partial charge in [0.25, 0.3) is 5.91 Å². The van der Waals surface area contributed by atoms with E-state index in [4.69, 9.17) is 5.73 Å². The van der Waals surface area contributed by atoms with E-state index in [0.717, 1.165) is 19.5 Å². The van der Waals surface area contributed by atoms with Crippen molar-refractivity contribution in [3.63, 3.8) is 0 Å². The third kappa shape index (κ3) is 2.57. The maximum Gasteiger partial charge on any atom is 0.257 e. The average molecular weight is 233 g/mol. The molecule has 0 spiro atoms. The van der Waals surface area contributed by atoms with Crippen molar-refractivity contribution in [3.8, 4) is 0 Å². The molecule has 0 saturated carbocycles. The smallest absolute Gasteiger partial charge is 0.257 e. The van der Waals surface area contributed by atoms with Gasteiger partial charge in [-0.05, 0) is 24.3 Å². The van der Waals surface area contributed by atoms with E-state index in [0.29, 0.717) is 11.3 Å². The number of likely N-dealkylation sites (tertiary alicyclic amines) is 1. The Morgan fingerprint density at radius 2 is 2.29 bits per heavy atom. The molecule has 4 nitrogen and oxygen atoms in total. The zero-order valence-electron chi connectivity index (χ0n) is 10.4. The first-order valence-corrected chi connectivity index (χ1v) is 5.98. The quantitative estimate of drug-likeness (QED) is 0.806. The summed E-state index contributed by atoms with van der Waals surface area (Å²) in [4.78, 5) is 18.2. The van der Waals surface area contributed by atoms with Crippen molar-refractivity contribution in [3.05, 3.63) is 24.0 Å². The topological polar surface area (TPSA) is 59.2 Å². The third-order valence-electron chi connectivity index (χ3n) is 3.27. The zero-order chi connectivity index (χ0) is 12.5. The summed E-state index contributed by atoms with van der Waals surface area (Å²) >= 11 is 0. The molecule has 1 aliphatic rings. The van der Waals surface area contributed by atoms with Crippen molar-refractivity contribution in [2.24, 2.45) is 5.41 Å². The van der Waals surface area contributed by atoms with Gasteiger partial charge in [-0.3, -0.25) is 9.78 Å². The Hall–Kier alpha value is -1.58. The molecule has 1 aliphatic heterocycles. The van der Waals surface area contributed by atoms with Gasteiger partial charge < -0.3 is 10.6 Å². The lowest BCUT2D eigenvalue weighted by atomic mass is 9.84. The minimum atomic E-state index is 0.00313. The first kappa shape index (κ1) is 11.9. The summed E-state index contributed by atoms with van der Waals surface area (Å²) in [5, 5.41) is 0. The van der Waals surface area contributed by atoms with E-state index in [1.54, 1.807) is 18.5 Å². The molecule has 1 aromatic rings. The van der Waals surface area contributed by atoms with Gasteiger partial charge in [0.15, 0.2) is 0 Å². The molecule has 2 rings (SSSR count).